The minimum atomic E-state index is -2.24. The molecule has 1 aliphatic heterocycles. The van der Waals surface area contributed by atoms with Crippen molar-refractivity contribution in [3.63, 3.8) is 0 Å². The van der Waals surface area contributed by atoms with Crippen molar-refractivity contribution in [1.29, 1.82) is 0 Å². The van der Waals surface area contributed by atoms with Gasteiger partial charge >= 0.3 is 5.97 Å². The summed E-state index contributed by atoms with van der Waals surface area (Å²) in [4.78, 5) is 10.6. The molecule has 0 bridgehead atoms. The molecule has 1 rings (SSSR count). The number of esters is 1. The predicted molar refractivity (Wildman–Crippen MR) is 32.0 cm³/mol. The first-order chi connectivity index (χ1) is 4.63. The number of ether oxygens (including phenoxy) is 1. The molecule has 4 heteroatoms. The van der Waals surface area contributed by atoms with E-state index in [1.165, 1.54) is 0 Å². The van der Waals surface area contributed by atoms with E-state index in [1.807, 2.05) is 0 Å². The highest BCUT2D eigenvalue weighted by Gasteiger charge is 2.35. The van der Waals surface area contributed by atoms with Crippen LogP contribution in [0.2, 0.25) is 0 Å². The highest BCUT2D eigenvalue weighted by molar-refractivity contribution is 5.77. The Morgan fingerprint density at radius 3 is 2.80 bits per heavy atom. The van der Waals surface area contributed by atoms with E-state index < -0.39 is 11.8 Å². The molecule has 0 spiro atoms. The van der Waals surface area contributed by atoms with Gasteiger partial charge in [-0.15, -0.1) is 0 Å². The largest absolute Gasteiger partial charge is 0.462 e. The summed E-state index contributed by atoms with van der Waals surface area (Å²) >= 11 is 0. The molecule has 58 valence electrons. The molecule has 0 amide bonds. The highest BCUT2D eigenvalue weighted by Crippen LogP contribution is 2.16. The van der Waals surface area contributed by atoms with Crippen LogP contribution in [0.15, 0.2) is 0 Å². The minimum Gasteiger partial charge on any atom is -0.462 e. The number of rotatable bonds is 0. The molecule has 1 saturated heterocycles. The smallest absolute Gasteiger partial charge is 0.366 e. The summed E-state index contributed by atoms with van der Waals surface area (Å²) in [6.07, 6.45) is 1.39. The van der Waals surface area contributed by atoms with E-state index in [2.05, 4.69) is 4.74 Å². The van der Waals surface area contributed by atoms with Crippen molar-refractivity contribution in [2.75, 3.05) is 6.61 Å². The third-order valence-corrected chi connectivity index (χ3v) is 1.48. The number of hydrogen-bond acceptors (Lipinski definition) is 4. The molecule has 0 aromatic heterocycles. The molecular formula is C6H10O4. The fourth-order valence-corrected chi connectivity index (χ4v) is 0.856. The lowest BCUT2D eigenvalue weighted by molar-refractivity contribution is -0.207. The van der Waals surface area contributed by atoms with Crippen LogP contribution in [-0.4, -0.2) is 28.6 Å². The summed E-state index contributed by atoms with van der Waals surface area (Å²) in [5.41, 5.74) is 0. The Morgan fingerprint density at radius 1 is 1.40 bits per heavy atom. The van der Waals surface area contributed by atoms with Crippen molar-refractivity contribution >= 4 is 5.97 Å². The molecule has 4 nitrogen and oxygen atoms in total. The summed E-state index contributed by atoms with van der Waals surface area (Å²) in [5, 5.41) is 17.8. The quantitative estimate of drug-likeness (QED) is 0.353. The maximum Gasteiger partial charge on any atom is 0.366 e. The van der Waals surface area contributed by atoms with Crippen molar-refractivity contribution < 1.29 is 19.7 Å². The normalized spacial score (nSPS) is 25.2. The number of aliphatic hydroxyl groups is 2. The van der Waals surface area contributed by atoms with Crippen LogP contribution < -0.4 is 0 Å². The van der Waals surface area contributed by atoms with Crippen molar-refractivity contribution in [2.24, 2.45) is 0 Å². The van der Waals surface area contributed by atoms with Gasteiger partial charge in [0.1, 0.15) is 0 Å². The average molecular weight is 146 g/mol. The molecule has 1 heterocycles. The van der Waals surface area contributed by atoms with Gasteiger partial charge in [-0.05, 0) is 12.8 Å². The average Bonchev–Trinajstić information content (AvgIpc) is 1.96. The van der Waals surface area contributed by atoms with Gasteiger partial charge in [0.2, 0.25) is 0 Å². The molecule has 0 aromatic carbocycles. The molecule has 1 aliphatic rings. The van der Waals surface area contributed by atoms with E-state index in [0.29, 0.717) is 19.4 Å². The van der Waals surface area contributed by atoms with Gasteiger partial charge in [-0.1, -0.05) is 0 Å². The van der Waals surface area contributed by atoms with Crippen molar-refractivity contribution in [1.82, 2.24) is 0 Å². The second-order valence-electron chi connectivity index (χ2n) is 2.41. The molecule has 0 unspecified atom stereocenters. The SMILES string of the molecule is O=C1OCCCCC1(O)O. The molecule has 0 aromatic rings. The minimum absolute atomic E-state index is 0.0752. The Kier molecular flexibility index (Phi) is 1.92. The van der Waals surface area contributed by atoms with Gasteiger partial charge in [-0.25, -0.2) is 4.79 Å². The number of cyclic esters (lactones) is 1. The first-order valence-electron chi connectivity index (χ1n) is 3.25. The van der Waals surface area contributed by atoms with Gasteiger partial charge in [-0.3, -0.25) is 0 Å². The van der Waals surface area contributed by atoms with E-state index in [9.17, 15) is 4.79 Å². The maximum atomic E-state index is 10.6. The zero-order chi connectivity index (χ0) is 7.61. The van der Waals surface area contributed by atoms with Gasteiger partial charge < -0.3 is 14.9 Å². The first-order valence-corrected chi connectivity index (χ1v) is 3.25. The fraction of sp³-hybridized carbons (Fsp3) is 0.833. The van der Waals surface area contributed by atoms with Crippen LogP contribution in [-0.2, 0) is 9.53 Å². The van der Waals surface area contributed by atoms with Crippen LogP contribution in [0, 0.1) is 0 Å². The summed E-state index contributed by atoms with van der Waals surface area (Å²) in [7, 11) is 0. The Balaban J connectivity index is 2.61. The second-order valence-corrected chi connectivity index (χ2v) is 2.41. The zero-order valence-corrected chi connectivity index (χ0v) is 5.54. The van der Waals surface area contributed by atoms with E-state index in [-0.39, 0.29) is 6.42 Å². The van der Waals surface area contributed by atoms with E-state index in [0.717, 1.165) is 0 Å². The molecule has 2 N–H and O–H groups in total. The standard InChI is InChI=1S/C6H10O4/c7-5-6(8,9)3-1-2-4-10-5/h8-9H,1-4H2. The number of carbonyl (C=O) groups excluding carboxylic acids is 1. The number of hydrogen-bond donors (Lipinski definition) is 2. The number of carbonyl (C=O) groups is 1. The molecule has 0 atom stereocenters. The predicted octanol–water partition coefficient (Wildman–Crippen LogP) is -0.606. The lowest BCUT2D eigenvalue weighted by Crippen LogP contribution is -2.38. The topological polar surface area (TPSA) is 66.8 Å². The van der Waals surface area contributed by atoms with Gasteiger partial charge in [-0.2, -0.15) is 0 Å². The van der Waals surface area contributed by atoms with E-state index >= 15 is 0 Å². The van der Waals surface area contributed by atoms with Crippen LogP contribution >= 0.6 is 0 Å². The maximum absolute atomic E-state index is 10.6. The van der Waals surface area contributed by atoms with Crippen LogP contribution in [0.25, 0.3) is 0 Å². The van der Waals surface area contributed by atoms with Gasteiger partial charge in [0.25, 0.3) is 5.79 Å². The summed E-state index contributed by atoms with van der Waals surface area (Å²) in [6, 6.07) is 0. The van der Waals surface area contributed by atoms with E-state index in [1.54, 1.807) is 0 Å². The monoisotopic (exact) mass is 146 g/mol. The van der Waals surface area contributed by atoms with Gasteiger partial charge in [0.15, 0.2) is 0 Å². The molecule has 0 saturated carbocycles. The van der Waals surface area contributed by atoms with Crippen LogP contribution in [0.5, 0.6) is 0 Å². The van der Waals surface area contributed by atoms with Crippen molar-refractivity contribution in [3.05, 3.63) is 0 Å². The van der Waals surface area contributed by atoms with Crippen LogP contribution in [0.3, 0.4) is 0 Å². The van der Waals surface area contributed by atoms with Crippen molar-refractivity contribution in [2.45, 2.75) is 25.0 Å². The first kappa shape index (κ1) is 7.50. The van der Waals surface area contributed by atoms with Crippen LogP contribution in [0.1, 0.15) is 19.3 Å². The zero-order valence-electron chi connectivity index (χ0n) is 5.54. The Morgan fingerprint density at radius 2 is 2.10 bits per heavy atom. The summed E-state index contributed by atoms with van der Waals surface area (Å²) in [6.45, 7) is 0.293. The summed E-state index contributed by atoms with van der Waals surface area (Å²) < 4.78 is 4.48. The van der Waals surface area contributed by atoms with Crippen LogP contribution in [0.4, 0.5) is 0 Å². The third kappa shape index (κ3) is 1.46. The Labute approximate surface area is 58.4 Å². The van der Waals surface area contributed by atoms with E-state index in [4.69, 9.17) is 10.2 Å². The van der Waals surface area contributed by atoms with Gasteiger partial charge in [0, 0.05) is 6.42 Å². The molecule has 0 radical (unpaired) electrons. The molecular weight excluding hydrogens is 136 g/mol. The molecule has 1 fully saturated rings. The molecule has 0 aliphatic carbocycles. The highest BCUT2D eigenvalue weighted by atomic mass is 16.6. The Hall–Kier alpha value is -0.610. The second kappa shape index (κ2) is 2.56. The molecule has 10 heavy (non-hydrogen) atoms. The van der Waals surface area contributed by atoms with Crippen molar-refractivity contribution in [3.8, 4) is 0 Å². The lowest BCUT2D eigenvalue weighted by Gasteiger charge is -2.14. The Bertz CT molecular complexity index is 141. The van der Waals surface area contributed by atoms with Gasteiger partial charge in [0.05, 0.1) is 6.61 Å². The summed E-state index contributed by atoms with van der Waals surface area (Å²) in [5.74, 6) is -3.17. The fourth-order valence-electron chi connectivity index (χ4n) is 0.856. The third-order valence-electron chi connectivity index (χ3n) is 1.48. The lowest BCUT2D eigenvalue weighted by atomic mass is 10.1.